The van der Waals surface area contributed by atoms with Crippen LogP contribution in [0.4, 0.5) is 4.39 Å². The Kier molecular flexibility index (Phi) is 3.86. The van der Waals surface area contributed by atoms with Crippen LogP contribution >= 0.6 is 11.3 Å². The summed E-state index contributed by atoms with van der Waals surface area (Å²) >= 11 is 1.47. The lowest BCUT2D eigenvalue weighted by Gasteiger charge is -2.09. The van der Waals surface area contributed by atoms with Gasteiger partial charge in [-0.1, -0.05) is 18.2 Å². The number of aryl methyl sites for hydroxylation is 1. The van der Waals surface area contributed by atoms with Gasteiger partial charge in [-0.3, -0.25) is 4.98 Å². The predicted octanol–water partition coefficient (Wildman–Crippen LogP) is 5.57. The minimum atomic E-state index is -0.269. The molecule has 3 heterocycles. The number of rotatable bonds is 3. The second-order valence-electron chi connectivity index (χ2n) is 5.74. The average molecular weight is 350 g/mol. The summed E-state index contributed by atoms with van der Waals surface area (Å²) < 4.78 is 15.6. The Bertz CT molecular complexity index is 1080. The molecule has 0 aliphatic rings. The van der Waals surface area contributed by atoms with Gasteiger partial charge < -0.3 is 9.51 Å². The lowest BCUT2D eigenvalue weighted by atomic mass is 10.1. The lowest BCUT2D eigenvalue weighted by molar-refractivity contribution is 0.517. The van der Waals surface area contributed by atoms with Gasteiger partial charge in [-0.05, 0) is 42.6 Å². The van der Waals surface area contributed by atoms with E-state index in [4.69, 9.17) is 0 Å². The highest BCUT2D eigenvalue weighted by molar-refractivity contribution is 7.11. The van der Waals surface area contributed by atoms with Crippen LogP contribution in [0.3, 0.4) is 0 Å². The highest BCUT2D eigenvalue weighted by Crippen LogP contribution is 2.28. The summed E-state index contributed by atoms with van der Waals surface area (Å²) in [7, 11) is 0. The summed E-state index contributed by atoms with van der Waals surface area (Å²) in [5.41, 5.74) is 4.15. The van der Waals surface area contributed by atoms with E-state index in [1.807, 2.05) is 47.0 Å². The summed E-state index contributed by atoms with van der Waals surface area (Å²) in [5, 5.41) is 12.2. The number of nitrogens with zero attached hydrogens (tertiary/aromatic N) is 2. The summed E-state index contributed by atoms with van der Waals surface area (Å²) in [6, 6.07) is 14.2. The molecule has 0 saturated heterocycles. The van der Waals surface area contributed by atoms with Gasteiger partial charge in [0.1, 0.15) is 11.6 Å². The summed E-state index contributed by atoms with van der Waals surface area (Å²) in [5.74, 6) is -0.0867. The lowest BCUT2D eigenvalue weighted by Crippen LogP contribution is -1.98. The Morgan fingerprint density at radius 1 is 1.20 bits per heavy atom. The monoisotopic (exact) mass is 350 g/mol. The van der Waals surface area contributed by atoms with E-state index in [0.29, 0.717) is 5.69 Å². The number of hydrogen-bond acceptors (Lipinski definition) is 3. The van der Waals surface area contributed by atoms with Crippen LogP contribution in [0.15, 0.2) is 60.1 Å². The van der Waals surface area contributed by atoms with Gasteiger partial charge in [-0.2, -0.15) is 0 Å². The smallest absolute Gasteiger partial charge is 0.134 e. The molecule has 0 aliphatic heterocycles. The Morgan fingerprint density at radius 2 is 2.08 bits per heavy atom. The van der Waals surface area contributed by atoms with Crippen molar-refractivity contribution in [2.24, 2.45) is 0 Å². The molecule has 1 N–H and O–H groups in total. The first-order valence-electron chi connectivity index (χ1n) is 7.81. The van der Waals surface area contributed by atoms with E-state index < -0.39 is 0 Å². The average Bonchev–Trinajstić information content (AvgIpc) is 3.27. The molecule has 0 radical (unpaired) electrons. The molecule has 3 aromatic heterocycles. The normalized spacial score (nSPS) is 12.0. The topological polar surface area (TPSA) is 37.5 Å². The van der Waals surface area contributed by atoms with Gasteiger partial charge in [0.2, 0.25) is 0 Å². The van der Waals surface area contributed by atoms with Crippen molar-refractivity contribution in [3.63, 3.8) is 0 Å². The van der Waals surface area contributed by atoms with Crippen LogP contribution < -0.4 is 0 Å². The fourth-order valence-corrected chi connectivity index (χ4v) is 3.55. The zero-order valence-electron chi connectivity index (χ0n) is 13.5. The molecule has 4 aromatic rings. The third-order valence-corrected chi connectivity index (χ3v) is 4.95. The minimum absolute atomic E-state index is 0.182. The van der Waals surface area contributed by atoms with Crippen LogP contribution in [0, 0.1) is 12.7 Å². The molecular formula is C20H15FN2OS. The van der Waals surface area contributed by atoms with E-state index in [2.05, 4.69) is 4.98 Å². The quantitative estimate of drug-likeness (QED) is 0.491. The first kappa shape index (κ1) is 15.6. The van der Waals surface area contributed by atoms with Crippen molar-refractivity contribution in [3.05, 3.63) is 82.2 Å². The number of aromatic nitrogens is 2. The van der Waals surface area contributed by atoms with Crippen molar-refractivity contribution in [2.45, 2.75) is 6.92 Å². The Morgan fingerprint density at radius 3 is 2.84 bits per heavy atom. The maximum atomic E-state index is 13.6. The van der Waals surface area contributed by atoms with Crippen molar-refractivity contribution in [1.29, 1.82) is 0 Å². The maximum Gasteiger partial charge on any atom is 0.134 e. The Hall–Kier alpha value is -2.92. The van der Waals surface area contributed by atoms with Gasteiger partial charge in [-0.25, -0.2) is 4.39 Å². The molecule has 0 spiro atoms. The first-order valence-corrected chi connectivity index (χ1v) is 8.69. The molecule has 4 rings (SSSR count). The van der Waals surface area contributed by atoms with Crippen LogP contribution in [0.1, 0.15) is 16.3 Å². The molecule has 0 unspecified atom stereocenters. The van der Waals surface area contributed by atoms with Gasteiger partial charge in [0, 0.05) is 23.5 Å². The maximum absolute atomic E-state index is 13.6. The molecule has 0 atom stereocenters. The first-order chi connectivity index (χ1) is 12.1. The number of benzene rings is 1. The molecule has 0 saturated carbocycles. The molecule has 124 valence electrons. The van der Waals surface area contributed by atoms with E-state index >= 15 is 0 Å². The third kappa shape index (κ3) is 2.83. The third-order valence-electron chi connectivity index (χ3n) is 4.05. The molecule has 25 heavy (non-hydrogen) atoms. The van der Waals surface area contributed by atoms with Crippen LogP contribution in [-0.4, -0.2) is 14.5 Å². The highest BCUT2D eigenvalue weighted by atomic mass is 32.1. The molecule has 0 bridgehead atoms. The standard InChI is InChI=1S/C20H15FN2OS/c1-13-12-22-16(11-19(24)20-6-3-9-25-20)18-8-7-17(23(13)18)14-4-2-5-15(21)10-14/h2-12,24H,1H3/b19-11-. The van der Waals surface area contributed by atoms with Crippen molar-refractivity contribution in [2.75, 3.05) is 0 Å². The fourth-order valence-electron chi connectivity index (χ4n) is 2.91. The molecule has 0 aliphatic carbocycles. The van der Waals surface area contributed by atoms with E-state index in [1.54, 1.807) is 18.3 Å². The number of fused-ring (bicyclic) bond motifs is 1. The van der Waals surface area contributed by atoms with E-state index in [9.17, 15) is 9.50 Å². The Labute approximate surface area is 148 Å². The van der Waals surface area contributed by atoms with Gasteiger partial charge >= 0.3 is 0 Å². The second-order valence-corrected chi connectivity index (χ2v) is 6.69. The summed E-state index contributed by atoms with van der Waals surface area (Å²) in [6.07, 6.45) is 3.42. The van der Waals surface area contributed by atoms with E-state index in [1.165, 1.54) is 23.5 Å². The SMILES string of the molecule is Cc1cnc(/C=C(\O)c2cccs2)c2ccc(-c3cccc(F)c3)n12. The number of hydrogen-bond donors (Lipinski definition) is 1. The van der Waals surface area contributed by atoms with Gasteiger partial charge in [-0.15, -0.1) is 11.3 Å². The minimum Gasteiger partial charge on any atom is -0.506 e. The molecule has 3 nitrogen and oxygen atoms in total. The number of aliphatic hydroxyl groups excluding tert-OH is 1. The zero-order chi connectivity index (χ0) is 17.4. The highest BCUT2D eigenvalue weighted by Gasteiger charge is 2.12. The Balaban J connectivity index is 1.89. The van der Waals surface area contributed by atoms with Crippen LogP contribution in [0.25, 0.3) is 28.6 Å². The molecule has 0 amide bonds. The van der Waals surface area contributed by atoms with Crippen molar-refractivity contribution in [3.8, 4) is 11.3 Å². The van der Waals surface area contributed by atoms with E-state index in [-0.39, 0.29) is 11.6 Å². The summed E-state index contributed by atoms with van der Waals surface area (Å²) in [4.78, 5) is 5.24. The van der Waals surface area contributed by atoms with Crippen molar-refractivity contribution >= 4 is 28.7 Å². The number of halogens is 1. The van der Waals surface area contributed by atoms with Gasteiger partial charge in [0.25, 0.3) is 0 Å². The van der Waals surface area contributed by atoms with Crippen LogP contribution in [-0.2, 0) is 0 Å². The number of thiophene rings is 1. The molecule has 5 heteroatoms. The van der Waals surface area contributed by atoms with Crippen molar-refractivity contribution in [1.82, 2.24) is 9.38 Å². The molecule has 0 fully saturated rings. The van der Waals surface area contributed by atoms with Gasteiger partial charge in [0.05, 0.1) is 21.8 Å². The number of aliphatic hydroxyl groups is 1. The summed E-state index contributed by atoms with van der Waals surface area (Å²) in [6.45, 7) is 1.95. The van der Waals surface area contributed by atoms with Gasteiger partial charge in [0.15, 0.2) is 0 Å². The zero-order valence-corrected chi connectivity index (χ0v) is 14.3. The van der Waals surface area contributed by atoms with Crippen LogP contribution in [0.2, 0.25) is 0 Å². The second kappa shape index (κ2) is 6.18. The predicted molar refractivity (Wildman–Crippen MR) is 100 cm³/mol. The molecular weight excluding hydrogens is 335 g/mol. The van der Waals surface area contributed by atoms with Crippen molar-refractivity contribution < 1.29 is 9.50 Å². The van der Waals surface area contributed by atoms with Crippen LogP contribution in [0.5, 0.6) is 0 Å². The van der Waals surface area contributed by atoms with E-state index in [0.717, 1.165) is 27.3 Å². The largest absolute Gasteiger partial charge is 0.506 e. The fraction of sp³-hybridized carbons (Fsp3) is 0.0500. The molecule has 1 aromatic carbocycles.